The van der Waals surface area contributed by atoms with Crippen LogP contribution in [0.15, 0.2) is 41.2 Å². The summed E-state index contributed by atoms with van der Waals surface area (Å²) in [6.45, 7) is 5.96. The lowest BCUT2D eigenvalue weighted by Crippen LogP contribution is -2.51. The normalized spacial score (nSPS) is 18.1. The van der Waals surface area contributed by atoms with Crippen molar-refractivity contribution in [3.8, 4) is 0 Å². The molecular weight excluding hydrogens is 352 g/mol. The molecule has 0 spiro atoms. The summed E-state index contributed by atoms with van der Waals surface area (Å²) >= 11 is 0. The summed E-state index contributed by atoms with van der Waals surface area (Å²) in [4.78, 5) is 29.6. The summed E-state index contributed by atoms with van der Waals surface area (Å²) in [6, 6.07) is 11.6. The lowest BCUT2D eigenvalue weighted by atomic mass is 10.1. The molecule has 6 nitrogen and oxygen atoms in total. The second kappa shape index (κ2) is 8.27. The number of hydrogen-bond acceptors (Lipinski definition) is 4. The largest absolute Gasteiger partial charge is 0.338 e. The Bertz CT molecular complexity index is 885. The molecular formula is C22H28N4O2. The first-order chi connectivity index (χ1) is 13.6. The van der Waals surface area contributed by atoms with E-state index < -0.39 is 6.04 Å². The van der Waals surface area contributed by atoms with Crippen LogP contribution < -0.4 is 5.56 Å². The van der Waals surface area contributed by atoms with E-state index in [1.807, 2.05) is 11.0 Å². The van der Waals surface area contributed by atoms with E-state index in [4.69, 9.17) is 0 Å². The van der Waals surface area contributed by atoms with E-state index in [0.29, 0.717) is 13.1 Å². The van der Waals surface area contributed by atoms with Gasteiger partial charge in [-0.2, -0.15) is 5.10 Å². The molecule has 1 saturated heterocycles. The summed E-state index contributed by atoms with van der Waals surface area (Å²) in [5.41, 5.74) is 3.21. The molecule has 1 aliphatic heterocycles. The summed E-state index contributed by atoms with van der Waals surface area (Å²) in [5, 5.41) is 4.49. The molecule has 1 unspecified atom stereocenters. The van der Waals surface area contributed by atoms with Crippen LogP contribution in [0, 0.1) is 0 Å². The fraction of sp³-hybridized carbons (Fsp3) is 0.500. The van der Waals surface area contributed by atoms with Gasteiger partial charge in [0.05, 0.1) is 5.69 Å². The van der Waals surface area contributed by atoms with Crippen LogP contribution in [0.3, 0.4) is 0 Å². The number of benzene rings is 1. The van der Waals surface area contributed by atoms with Crippen LogP contribution in [0.1, 0.15) is 36.2 Å². The number of carbonyl (C=O) groups excluding carboxylic acids is 1. The maximum absolute atomic E-state index is 12.9. The van der Waals surface area contributed by atoms with E-state index >= 15 is 0 Å². The first-order valence-corrected chi connectivity index (χ1v) is 10.3. The zero-order valence-electron chi connectivity index (χ0n) is 16.5. The SMILES string of the molecule is CC(C(=O)N1CCN(CCc2ccccc2)CC1)n1nc2c(cc1=O)CCC2. The molecule has 28 heavy (non-hydrogen) atoms. The molecule has 2 heterocycles. The molecule has 6 heteroatoms. The zero-order valence-corrected chi connectivity index (χ0v) is 16.5. The number of aromatic nitrogens is 2. The Balaban J connectivity index is 1.33. The van der Waals surface area contributed by atoms with E-state index in [1.165, 1.54) is 10.2 Å². The van der Waals surface area contributed by atoms with Crippen LogP contribution in [-0.2, 0) is 24.1 Å². The van der Waals surface area contributed by atoms with Gasteiger partial charge in [-0.3, -0.25) is 14.5 Å². The topological polar surface area (TPSA) is 58.4 Å². The van der Waals surface area contributed by atoms with Crippen molar-refractivity contribution in [2.24, 2.45) is 0 Å². The average Bonchev–Trinajstić information content (AvgIpc) is 3.19. The molecule has 1 aromatic carbocycles. The Morgan fingerprint density at radius 2 is 1.86 bits per heavy atom. The Labute approximate surface area is 165 Å². The van der Waals surface area contributed by atoms with Crippen molar-refractivity contribution in [2.75, 3.05) is 32.7 Å². The molecule has 2 aliphatic rings. The zero-order chi connectivity index (χ0) is 19.5. The summed E-state index contributed by atoms with van der Waals surface area (Å²) < 4.78 is 1.38. The van der Waals surface area contributed by atoms with Crippen molar-refractivity contribution in [1.29, 1.82) is 0 Å². The van der Waals surface area contributed by atoms with Gasteiger partial charge in [-0.15, -0.1) is 0 Å². The van der Waals surface area contributed by atoms with E-state index in [1.54, 1.807) is 13.0 Å². The maximum Gasteiger partial charge on any atom is 0.267 e. The van der Waals surface area contributed by atoms with Crippen LogP contribution in [-0.4, -0.2) is 58.2 Å². The lowest BCUT2D eigenvalue weighted by molar-refractivity contribution is -0.136. The highest BCUT2D eigenvalue weighted by atomic mass is 16.2. The molecule has 0 saturated carbocycles. The van der Waals surface area contributed by atoms with Gasteiger partial charge in [-0.05, 0) is 43.7 Å². The van der Waals surface area contributed by atoms with Gasteiger partial charge >= 0.3 is 0 Å². The fourth-order valence-corrected chi connectivity index (χ4v) is 4.19. The highest BCUT2D eigenvalue weighted by molar-refractivity contribution is 5.80. The van der Waals surface area contributed by atoms with E-state index in [2.05, 4.69) is 34.3 Å². The number of carbonyl (C=O) groups is 1. The van der Waals surface area contributed by atoms with Gasteiger partial charge in [-0.1, -0.05) is 30.3 Å². The lowest BCUT2D eigenvalue weighted by Gasteiger charge is -2.36. The van der Waals surface area contributed by atoms with E-state index in [0.717, 1.165) is 56.6 Å². The molecule has 0 N–H and O–H groups in total. The van der Waals surface area contributed by atoms with Crippen molar-refractivity contribution >= 4 is 5.91 Å². The first kappa shape index (κ1) is 18.9. The number of fused-ring (bicyclic) bond motifs is 1. The van der Waals surface area contributed by atoms with Crippen molar-refractivity contribution in [2.45, 2.75) is 38.6 Å². The number of rotatable bonds is 5. The highest BCUT2D eigenvalue weighted by Gasteiger charge is 2.28. The highest BCUT2D eigenvalue weighted by Crippen LogP contribution is 2.19. The van der Waals surface area contributed by atoms with Gasteiger partial charge in [0.2, 0.25) is 5.91 Å². The predicted molar refractivity (Wildman–Crippen MR) is 108 cm³/mol. The van der Waals surface area contributed by atoms with Gasteiger partial charge in [0.25, 0.3) is 5.56 Å². The molecule has 1 aliphatic carbocycles. The summed E-state index contributed by atoms with van der Waals surface area (Å²) in [6.07, 6.45) is 3.89. The molecule has 148 valence electrons. The first-order valence-electron chi connectivity index (χ1n) is 10.3. The molecule has 1 fully saturated rings. The van der Waals surface area contributed by atoms with Crippen molar-refractivity contribution in [3.05, 3.63) is 63.6 Å². The molecule has 0 bridgehead atoms. The predicted octanol–water partition coefficient (Wildman–Crippen LogP) is 1.68. The summed E-state index contributed by atoms with van der Waals surface area (Å²) in [5.74, 6) is -0.00439. The Hall–Kier alpha value is -2.47. The quantitative estimate of drug-likeness (QED) is 0.792. The fourth-order valence-electron chi connectivity index (χ4n) is 4.19. The molecule has 1 amide bonds. The summed E-state index contributed by atoms with van der Waals surface area (Å²) in [7, 11) is 0. The third-order valence-electron chi connectivity index (χ3n) is 5.95. The minimum atomic E-state index is -0.547. The third-order valence-corrected chi connectivity index (χ3v) is 5.95. The number of hydrogen-bond donors (Lipinski definition) is 0. The van der Waals surface area contributed by atoms with E-state index in [9.17, 15) is 9.59 Å². The number of aryl methyl sites for hydroxylation is 2. The second-order valence-electron chi connectivity index (χ2n) is 7.83. The van der Waals surface area contributed by atoms with Gasteiger partial charge in [0.1, 0.15) is 6.04 Å². The standard InChI is InChI=1S/C22H28N4O2/c1-17(26-21(27)16-19-8-5-9-20(19)23-26)22(28)25-14-12-24(13-15-25)11-10-18-6-3-2-4-7-18/h2-4,6-7,16-17H,5,8-15H2,1H3. The van der Waals surface area contributed by atoms with Gasteiger partial charge < -0.3 is 4.90 Å². The monoisotopic (exact) mass is 380 g/mol. The molecule has 2 aromatic rings. The molecule has 1 aromatic heterocycles. The average molecular weight is 380 g/mol. The van der Waals surface area contributed by atoms with Crippen molar-refractivity contribution in [1.82, 2.24) is 19.6 Å². The minimum Gasteiger partial charge on any atom is -0.338 e. The molecule has 1 atom stereocenters. The van der Waals surface area contributed by atoms with Crippen LogP contribution in [0.5, 0.6) is 0 Å². The van der Waals surface area contributed by atoms with Gasteiger partial charge in [0, 0.05) is 38.8 Å². The number of piperazine rings is 1. The van der Waals surface area contributed by atoms with E-state index in [-0.39, 0.29) is 11.5 Å². The molecule has 4 rings (SSSR count). The molecule has 0 radical (unpaired) electrons. The van der Waals surface area contributed by atoms with Gasteiger partial charge in [0.15, 0.2) is 0 Å². The van der Waals surface area contributed by atoms with Crippen LogP contribution in [0.25, 0.3) is 0 Å². The Kier molecular flexibility index (Phi) is 5.57. The van der Waals surface area contributed by atoms with Crippen LogP contribution in [0.2, 0.25) is 0 Å². The second-order valence-corrected chi connectivity index (χ2v) is 7.83. The van der Waals surface area contributed by atoms with Crippen molar-refractivity contribution < 1.29 is 4.79 Å². The Morgan fingerprint density at radius 3 is 2.61 bits per heavy atom. The van der Waals surface area contributed by atoms with Crippen LogP contribution in [0.4, 0.5) is 0 Å². The van der Waals surface area contributed by atoms with Gasteiger partial charge in [-0.25, -0.2) is 4.68 Å². The number of amides is 1. The Morgan fingerprint density at radius 1 is 1.11 bits per heavy atom. The van der Waals surface area contributed by atoms with Crippen molar-refractivity contribution in [3.63, 3.8) is 0 Å². The maximum atomic E-state index is 12.9. The van der Waals surface area contributed by atoms with Crippen LogP contribution >= 0.6 is 0 Å². The minimum absolute atomic E-state index is 0.00439. The number of nitrogens with zero attached hydrogens (tertiary/aromatic N) is 4. The third kappa shape index (κ3) is 4.02. The smallest absolute Gasteiger partial charge is 0.267 e.